The Hall–Kier alpha value is -0.570. The quantitative estimate of drug-likeness (QED) is 0.462. The predicted octanol–water partition coefficient (Wildman–Crippen LogP) is 0.271. The molecule has 0 aromatic heterocycles. The van der Waals surface area contributed by atoms with E-state index >= 15 is 0 Å². The van der Waals surface area contributed by atoms with Gasteiger partial charge in [-0.05, 0) is 0 Å². The molecule has 1 saturated heterocycles. The van der Waals surface area contributed by atoms with Crippen LogP contribution in [0.15, 0.2) is 0 Å². The molecule has 0 radical (unpaired) electrons. The molecule has 0 N–H and O–H groups in total. The van der Waals surface area contributed by atoms with Gasteiger partial charge in [-0.25, -0.2) is 0 Å². The highest BCUT2D eigenvalue weighted by atomic mass is 16.2. The Morgan fingerprint density at radius 3 is 2.27 bits per heavy atom. The molecule has 0 aromatic carbocycles. The van der Waals surface area contributed by atoms with Crippen LogP contribution in [-0.4, -0.2) is 48.6 Å². The monoisotopic (exact) mass is 157 g/mol. The number of amides is 1. The lowest BCUT2D eigenvalue weighted by atomic mass is 10.4. The molecule has 3 nitrogen and oxygen atoms in total. The average molecular weight is 157 g/mol. The van der Waals surface area contributed by atoms with Crippen molar-refractivity contribution in [3.8, 4) is 0 Å². The lowest BCUT2D eigenvalue weighted by Crippen LogP contribution is -2.48. The lowest BCUT2D eigenvalue weighted by Gasteiger charge is -2.31. The Labute approximate surface area is 68.2 Å². The summed E-state index contributed by atoms with van der Waals surface area (Å²) in [5.74, 6) is 0.196. The molecule has 1 fully saturated rings. The fourth-order valence-electron chi connectivity index (χ4n) is 1.54. The maximum Gasteiger partial charge on any atom is 0.224 e. The summed E-state index contributed by atoms with van der Waals surface area (Å²) < 4.78 is 0.930. The standard InChI is InChI=1S/C8H17N2O/c1-7-9(8(2)11)5-6-10(7,3)4/h7H,5-6H2,1-4H3/q+1. The van der Waals surface area contributed by atoms with Gasteiger partial charge in [-0.15, -0.1) is 0 Å². The molecule has 0 aliphatic carbocycles. The van der Waals surface area contributed by atoms with Gasteiger partial charge < -0.3 is 4.48 Å². The summed E-state index contributed by atoms with van der Waals surface area (Å²) in [4.78, 5) is 13.0. The topological polar surface area (TPSA) is 20.3 Å². The van der Waals surface area contributed by atoms with E-state index in [0.717, 1.165) is 17.6 Å². The molecule has 0 bridgehead atoms. The number of quaternary nitrogens is 1. The fourth-order valence-corrected chi connectivity index (χ4v) is 1.54. The van der Waals surface area contributed by atoms with E-state index in [1.54, 1.807) is 6.92 Å². The highest BCUT2D eigenvalue weighted by molar-refractivity contribution is 5.73. The van der Waals surface area contributed by atoms with Gasteiger partial charge in [0.1, 0.15) is 0 Å². The second-order valence-electron chi connectivity index (χ2n) is 3.85. The van der Waals surface area contributed by atoms with E-state index in [1.165, 1.54) is 0 Å². The van der Waals surface area contributed by atoms with Crippen molar-refractivity contribution in [3.63, 3.8) is 0 Å². The Bertz CT molecular complexity index is 177. The molecule has 1 heterocycles. The van der Waals surface area contributed by atoms with E-state index in [2.05, 4.69) is 21.0 Å². The van der Waals surface area contributed by atoms with E-state index < -0.39 is 0 Å². The minimum absolute atomic E-state index is 0.196. The Balaban J connectivity index is 2.71. The van der Waals surface area contributed by atoms with Crippen LogP contribution in [0.25, 0.3) is 0 Å². The van der Waals surface area contributed by atoms with Gasteiger partial charge in [0.2, 0.25) is 5.91 Å². The number of nitrogens with zero attached hydrogens (tertiary/aromatic N) is 2. The van der Waals surface area contributed by atoms with Gasteiger partial charge >= 0.3 is 0 Å². The van der Waals surface area contributed by atoms with Gasteiger partial charge in [-0.3, -0.25) is 9.69 Å². The molecule has 11 heavy (non-hydrogen) atoms. The number of hydrogen-bond donors (Lipinski definition) is 0. The maximum atomic E-state index is 11.1. The molecule has 1 rings (SSSR count). The molecule has 0 saturated carbocycles. The average Bonchev–Trinajstić information content (AvgIpc) is 2.09. The van der Waals surface area contributed by atoms with Gasteiger partial charge in [0.05, 0.1) is 27.2 Å². The first-order valence-corrected chi connectivity index (χ1v) is 4.05. The van der Waals surface area contributed by atoms with Crippen LogP contribution < -0.4 is 0 Å². The molecule has 0 spiro atoms. The zero-order valence-electron chi connectivity index (χ0n) is 7.79. The second-order valence-corrected chi connectivity index (χ2v) is 3.85. The summed E-state index contributed by atoms with van der Waals surface area (Å²) in [5.41, 5.74) is 0. The van der Waals surface area contributed by atoms with Gasteiger partial charge in [0.25, 0.3) is 0 Å². The number of rotatable bonds is 0. The van der Waals surface area contributed by atoms with Crippen LogP contribution in [0.5, 0.6) is 0 Å². The molecular weight excluding hydrogens is 140 g/mol. The van der Waals surface area contributed by atoms with E-state index in [1.807, 2.05) is 4.90 Å². The summed E-state index contributed by atoms with van der Waals surface area (Å²) in [6.45, 7) is 5.72. The van der Waals surface area contributed by atoms with Crippen molar-refractivity contribution < 1.29 is 9.28 Å². The van der Waals surface area contributed by atoms with Crippen LogP contribution >= 0.6 is 0 Å². The van der Waals surface area contributed by atoms with Crippen molar-refractivity contribution in [2.75, 3.05) is 27.2 Å². The van der Waals surface area contributed by atoms with Crippen molar-refractivity contribution in [1.29, 1.82) is 0 Å². The Morgan fingerprint density at radius 2 is 2.09 bits per heavy atom. The zero-order chi connectivity index (χ0) is 8.65. The number of likely N-dealkylation sites (N-methyl/N-ethyl adjacent to an activating group) is 1. The molecule has 1 atom stereocenters. The first-order valence-electron chi connectivity index (χ1n) is 4.05. The lowest BCUT2D eigenvalue weighted by molar-refractivity contribution is -0.904. The maximum absolute atomic E-state index is 11.1. The van der Waals surface area contributed by atoms with Crippen molar-refractivity contribution in [2.45, 2.75) is 20.0 Å². The van der Waals surface area contributed by atoms with Crippen molar-refractivity contribution in [2.24, 2.45) is 0 Å². The molecule has 0 aromatic rings. The normalized spacial score (nSPS) is 29.1. The van der Waals surface area contributed by atoms with E-state index in [0.29, 0.717) is 6.17 Å². The van der Waals surface area contributed by atoms with Gasteiger partial charge in [-0.1, -0.05) is 0 Å². The summed E-state index contributed by atoms with van der Waals surface area (Å²) >= 11 is 0. The molecule has 1 amide bonds. The number of hydrogen-bond acceptors (Lipinski definition) is 1. The fraction of sp³-hybridized carbons (Fsp3) is 0.875. The Morgan fingerprint density at radius 1 is 1.55 bits per heavy atom. The summed E-state index contributed by atoms with van der Waals surface area (Å²) in [5, 5.41) is 0. The number of carbonyl (C=O) groups excluding carboxylic acids is 1. The molecular formula is C8H17N2O+. The SMILES string of the molecule is CC(=O)N1CC[N+](C)(C)C1C. The van der Waals surface area contributed by atoms with Crippen LogP contribution in [-0.2, 0) is 4.79 Å². The third-order valence-corrected chi connectivity index (χ3v) is 2.78. The first kappa shape index (κ1) is 8.53. The smallest absolute Gasteiger partial charge is 0.224 e. The molecule has 1 aliphatic heterocycles. The first-order chi connectivity index (χ1) is 4.95. The second kappa shape index (κ2) is 2.48. The van der Waals surface area contributed by atoms with Crippen LogP contribution in [0, 0.1) is 0 Å². The van der Waals surface area contributed by atoms with Crippen molar-refractivity contribution in [1.82, 2.24) is 4.90 Å². The van der Waals surface area contributed by atoms with Crippen LogP contribution in [0.1, 0.15) is 13.8 Å². The van der Waals surface area contributed by atoms with Crippen molar-refractivity contribution in [3.05, 3.63) is 0 Å². The minimum atomic E-state index is 0.196. The molecule has 64 valence electrons. The molecule has 3 heteroatoms. The predicted molar refractivity (Wildman–Crippen MR) is 43.8 cm³/mol. The summed E-state index contributed by atoms with van der Waals surface area (Å²) in [6, 6.07) is 0. The molecule has 1 unspecified atom stereocenters. The number of carbonyl (C=O) groups is 1. The van der Waals surface area contributed by atoms with Gasteiger partial charge in [0, 0.05) is 13.8 Å². The summed E-state index contributed by atoms with van der Waals surface area (Å²) in [7, 11) is 4.32. The Kier molecular flexibility index (Phi) is 1.92. The summed E-state index contributed by atoms with van der Waals surface area (Å²) in [6.07, 6.45) is 0.340. The van der Waals surface area contributed by atoms with Crippen molar-refractivity contribution >= 4 is 5.91 Å². The van der Waals surface area contributed by atoms with Gasteiger partial charge in [0.15, 0.2) is 6.17 Å². The third-order valence-electron chi connectivity index (χ3n) is 2.78. The highest BCUT2D eigenvalue weighted by Gasteiger charge is 2.38. The van der Waals surface area contributed by atoms with Gasteiger partial charge in [-0.2, -0.15) is 0 Å². The van der Waals surface area contributed by atoms with E-state index in [9.17, 15) is 4.79 Å². The zero-order valence-corrected chi connectivity index (χ0v) is 7.79. The van der Waals surface area contributed by atoms with Crippen LogP contribution in [0.4, 0.5) is 0 Å². The van der Waals surface area contributed by atoms with E-state index in [4.69, 9.17) is 0 Å². The van der Waals surface area contributed by atoms with E-state index in [-0.39, 0.29) is 5.91 Å². The minimum Gasteiger partial charge on any atom is -0.308 e. The van der Waals surface area contributed by atoms with Crippen LogP contribution in [0.2, 0.25) is 0 Å². The third kappa shape index (κ3) is 1.38. The van der Waals surface area contributed by atoms with Crippen LogP contribution in [0.3, 0.4) is 0 Å². The highest BCUT2D eigenvalue weighted by Crippen LogP contribution is 2.18. The molecule has 1 aliphatic rings. The largest absolute Gasteiger partial charge is 0.308 e.